The van der Waals surface area contributed by atoms with Gasteiger partial charge in [0.1, 0.15) is 6.29 Å². The maximum Gasteiger partial charge on any atom is 0.331 e. The summed E-state index contributed by atoms with van der Waals surface area (Å²) >= 11 is 0. The van der Waals surface area contributed by atoms with Crippen molar-refractivity contribution >= 4 is 18.2 Å². The number of aldehydes is 1. The molecule has 2 N–H and O–H groups in total. The van der Waals surface area contributed by atoms with E-state index in [-0.39, 0.29) is 30.0 Å². The van der Waals surface area contributed by atoms with E-state index in [1.807, 2.05) is 97.8 Å². The molecule has 0 bridgehead atoms. The summed E-state index contributed by atoms with van der Waals surface area (Å²) in [5, 5.41) is 12.8. The van der Waals surface area contributed by atoms with Gasteiger partial charge in [0.25, 0.3) is 0 Å². The van der Waals surface area contributed by atoms with Crippen LogP contribution >= 0.6 is 0 Å². The number of carboxylic acid groups (broad SMARTS) is 1. The van der Waals surface area contributed by atoms with Gasteiger partial charge in [0.15, 0.2) is 0 Å². The van der Waals surface area contributed by atoms with Crippen LogP contribution < -0.4 is 5.32 Å². The lowest BCUT2D eigenvalue weighted by Crippen LogP contribution is -2.67. The number of rotatable bonds is 12. The molecule has 0 aliphatic rings. The van der Waals surface area contributed by atoms with Gasteiger partial charge >= 0.3 is 5.97 Å². The Morgan fingerprint density at radius 1 is 1.03 bits per heavy atom. The highest BCUT2D eigenvalue weighted by molar-refractivity contribution is 5.87. The molecule has 0 fully saturated rings. The molecule has 1 amide bonds. The number of nitrogens with one attached hydrogen (secondary N) is 1. The maximum atomic E-state index is 13.9. The van der Waals surface area contributed by atoms with E-state index >= 15 is 0 Å². The third-order valence-electron chi connectivity index (χ3n) is 7.50. The van der Waals surface area contributed by atoms with Gasteiger partial charge in [-0.2, -0.15) is 0 Å². The zero-order chi connectivity index (χ0) is 28.1. The average molecular weight is 502 g/mol. The lowest BCUT2D eigenvalue weighted by atomic mass is 9.67. The molecule has 3 atom stereocenters. The van der Waals surface area contributed by atoms with Crippen LogP contribution in [-0.4, -0.2) is 78.4 Å². The monoisotopic (exact) mass is 501 g/mol. The number of likely N-dealkylation sites (N-methyl/N-ethyl adjacent to an activating group) is 2. The predicted molar refractivity (Wildman–Crippen MR) is 146 cm³/mol. The van der Waals surface area contributed by atoms with E-state index < -0.39 is 28.4 Å². The number of benzene rings is 1. The van der Waals surface area contributed by atoms with Gasteiger partial charge in [0, 0.05) is 24.6 Å². The summed E-state index contributed by atoms with van der Waals surface area (Å²) in [6.45, 7) is 15.8. The molecule has 0 spiro atoms. The van der Waals surface area contributed by atoms with Crippen LogP contribution in [0.25, 0.3) is 0 Å². The number of amides is 1. The molecule has 0 saturated carbocycles. The quantitative estimate of drug-likeness (QED) is 0.333. The van der Waals surface area contributed by atoms with Crippen molar-refractivity contribution in [2.45, 2.75) is 78.4 Å². The van der Waals surface area contributed by atoms with Gasteiger partial charge in [-0.15, -0.1) is 0 Å². The Kier molecular flexibility index (Phi) is 10.6. The summed E-state index contributed by atoms with van der Waals surface area (Å²) in [5.74, 6) is -1.13. The lowest BCUT2D eigenvalue weighted by Gasteiger charge is -2.49. The Morgan fingerprint density at radius 3 is 1.94 bits per heavy atom. The fourth-order valence-corrected chi connectivity index (χ4v) is 4.79. The SMILES string of the molecule is C/C(=C\[C@H](C(C)C)N(C)C(=O)[C@@H](NC[C@](C=O)(N(C)C)C(C)(C)c1ccccc1)C(C)(C)C)C(=O)O. The smallest absolute Gasteiger partial charge is 0.331 e. The summed E-state index contributed by atoms with van der Waals surface area (Å²) in [6.07, 6.45) is 2.62. The van der Waals surface area contributed by atoms with Gasteiger partial charge in [-0.25, -0.2) is 4.79 Å². The fraction of sp³-hybridized carbons (Fsp3) is 0.621. The molecule has 0 aliphatic carbocycles. The van der Waals surface area contributed by atoms with Crippen molar-refractivity contribution in [1.82, 2.24) is 15.1 Å². The van der Waals surface area contributed by atoms with Gasteiger partial charge in [-0.1, -0.05) is 84.9 Å². The second-order valence-corrected chi connectivity index (χ2v) is 11.9. The molecule has 0 heterocycles. The van der Waals surface area contributed by atoms with Gasteiger partial charge in [0.05, 0.1) is 17.6 Å². The summed E-state index contributed by atoms with van der Waals surface area (Å²) in [7, 11) is 5.48. The van der Waals surface area contributed by atoms with Crippen molar-refractivity contribution in [3.05, 3.63) is 47.5 Å². The Morgan fingerprint density at radius 2 is 1.56 bits per heavy atom. The van der Waals surface area contributed by atoms with Crippen molar-refractivity contribution in [2.75, 3.05) is 27.7 Å². The fourth-order valence-electron chi connectivity index (χ4n) is 4.79. The third kappa shape index (κ3) is 6.83. The Balaban J connectivity index is 3.43. The molecule has 202 valence electrons. The van der Waals surface area contributed by atoms with E-state index in [0.717, 1.165) is 11.8 Å². The number of carbonyl (C=O) groups excluding carboxylic acids is 2. The molecule has 1 rings (SSSR count). The Hall–Kier alpha value is -2.51. The van der Waals surface area contributed by atoms with Crippen LogP contribution in [0.1, 0.15) is 61.0 Å². The van der Waals surface area contributed by atoms with Crippen molar-refractivity contribution in [1.29, 1.82) is 0 Å². The molecule has 0 unspecified atom stereocenters. The summed E-state index contributed by atoms with van der Waals surface area (Å²) in [5.41, 5.74) is -0.737. The zero-order valence-corrected chi connectivity index (χ0v) is 24.0. The normalized spacial score (nSPS) is 16.4. The molecular formula is C29H47N3O4. The van der Waals surface area contributed by atoms with Crippen molar-refractivity contribution in [2.24, 2.45) is 11.3 Å². The van der Waals surface area contributed by atoms with Gasteiger partial charge < -0.3 is 20.1 Å². The van der Waals surface area contributed by atoms with Gasteiger partial charge in [-0.3, -0.25) is 9.69 Å². The summed E-state index contributed by atoms with van der Waals surface area (Å²) < 4.78 is 0. The average Bonchev–Trinajstić information content (AvgIpc) is 2.78. The van der Waals surface area contributed by atoms with E-state index in [9.17, 15) is 19.5 Å². The van der Waals surface area contributed by atoms with Crippen molar-refractivity contribution < 1.29 is 19.5 Å². The van der Waals surface area contributed by atoms with Crippen LogP contribution in [0, 0.1) is 11.3 Å². The summed E-state index contributed by atoms with van der Waals surface area (Å²) in [6, 6.07) is 8.93. The number of aliphatic carboxylic acids is 1. The van der Waals surface area contributed by atoms with Gasteiger partial charge in [0.2, 0.25) is 5.91 Å². The lowest BCUT2D eigenvalue weighted by molar-refractivity contribution is -0.138. The Labute approximate surface area is 217 Å². The number of hydrogen-bond donors (Lipinski definition) is 2. The molecule has 0 aromatic heterocycles. The largest absolute Gasteiger partial charge is 0.478 e. The molecule has 0 radical (unpaired) electrons. The van der Waals surface area contributed by atoms with E-state index in [2.05, 4.69) is 5.32 Å². The number of carboxylic acids is 1. The number of nitrogens with zero attached hydrogens (tertiary/aromatic N) is 2. The second kappa shape index (κ2) is 12.2. The van der Waals surface area contributed by atoms with Crippen LogP contribution in [0.5, 0.6) is 0 Å². The molecule has 1 aromatic rings. The first-order chi connectivity index (χ1) is 16.4. The number of carbonyl (C=O) groups is 3. The van der Waals surface area contributed by atoms with E-state index in [4.69, 9.17) is 0 Å². The number of hydrogen-bond acceptors (Lipinski definition) is 5. The minimum Gasteiger partial charge on any atom is -0.478 e. The molecule has 0 aliphatic heterocycles. The predicted octanol–water partition coefficient (Wildman–Crippen LogP) is 3.98. The highest BCUT2D eigenvalue weighted by Crippen LogP contribution is 2.37. The van der Waals surface area contributed by atoms with Crippen LogP contribution in [0.4, 0.5) is 0 Å². The first-order valence-corrected chi connectivity index (χ1v) is 12.5. The Bertz CT molecular complexity index is 932. The van der Waals surface area contributed by atoms with Crippen LogP contribution in [0.2, 0.25) is 0 Å². The zero-order valence-electron chi connectivity index (χ0n) is 24.0. The maximum absolute atomic E-state index is 13.9. The van der Waals surface area contributed by atoms with Crippen LogP contribution in [0.3, 0.4) is 0 Å². The van der Waals surface area contributed by atoms with Crippen LogP contribution in [-0.2, 0) is 19.8 Å². The van der Waals surface area contributed by atoms with Crippen molar-refractivity contribution in [3.63, 3.8) is 0 Å². The summed E-state index contributed by atoms with van der Waals surface area (Å²) in [4.78, 5) is 41.7. The first-order valence-electron chi connectivity index (χ1n) is 12.5. The highest BCUT2D eigenvalue weighted by atomic mass is 16.4. The molecule has 7 nitrogen and oxygen atoms in total. The first kappa shape index (κ1) is 31.5. The second-order valence-electron chi connectivity index (χ2n) is 11.9. The van der Waals surface area contributed by atoms with E-state index in [1.165, 1.54) is 6.92 Å². The molecule has 7 heteroatoms. The van der Waals surface area contributed by atoms with Crippen molar-refractivity contribution in [3.8, 4) is 0 Å². The van der Waals surface area contributed by atoms with Gasteiger partial charge in [-0.05, 0) is 37.9 Å². The standard InChI is InChI=1S/C29H47N3O4/c1-20(2)23(17-21(3)26(35)36)32(11)25(34)24(27(4,5)6)30-18-29(19-33,31(9)10)28(7,8)22-15-13-12-14-16-22/h12-17,19-20,23-24,30H,18H2,1-11H3,(H,35,36)/b21-17+/t23-,24-,29-/m1/s1. The molecular weight excluding hydrogens is 454 g/mol. The highest BCUT2D eigenvalue weighted by Gasteiger charge is 2.49. The third-order valence-corrected chi connectivity index (χ3v) is 7.50. The molecule has 0 saturated heterocycles. The van der Waals surface area contributed by atoms with Crippen LogP contribution in [0.15, 0.2) is 42.0 Å². The topological polar surface area (TPSA) is 90.0 Å². The molecule has 1 aromatic carbocycles. The molecule has 36 heavy (non-hydrogen) atoms. The minimum absolute atomic E-state index is 0.0155. The van der Waals surface area contributed by atoms with E-state index in [0.29, 0.717) is 0 Å². The minimum atomic E-state index is -1.00. The van der Waals surface area contributed by atoms with E-state index in [1.54, 1.807) is 18.0 Å².